The molecule has 0 radical (unpaired) electrons. The molecular formula is C15H20. The molecule has 0 atom stereocenters. The Labute approximate surface area is 93.7 Å². The molecule has 0 amide bonds. The van der Waals surface area contributed by atoms with Crippen molar-refractivity contribution in [2.75, 3.05) is 0 Å². The third-order valence-electron chi connectivity index (χ3n) is 2.89. The van der Waals surface area contributed by atoms with Crippen molar-refractivity contribution in [2.24, 2.45) is 0 Å². The van der Waals surface area contributed by atoms with E-state index in [1.54, 1.807) is 0 Å². The van der Waals surface area contributed by atoms with Gasteiger partial charge in [0.2, 0.25) is 0 Å². The lowest BCUT2D eigenvalue weighted by molar-refractivity contribution is 0.689. The zero-order valence-corrected chi connectivity index (χ0v) is 9.84. The minimum absolute atomic E-state index is 0.923. The first kappa shape index (κ1) is 11.9. The number of benzene rings is 1. The second-order valence-corrected chi connectivity index (χ2v) is 4.14. The van der Waals surface area contributed by atoms with Crippen LogP contribution in [0, 0.1) is 26.2 Å². The maximum Gasteiger partial charge on any atom is 0.00860 e. The molecule has 0 aliphatic rings. The molecule has 1 rings (SSSR count). The van der Waals surface area contributed by atoms with E-state index in [-0.39, 0.29) is 0 Å². The highest BCUT2D eigenvalue weighted by Gasteiger charge is 2.00. The van der Waals surface area contributed by atoms with Crippen LogP contribution < -0.4 is 0 Å². The summed E-state index contributed by atoms with van der Waals surface area (Å²) in [6, 6.07) is 6.53. The number of hydrogen-bond acceptors (Lipinski definition) is 0. The van der Waals surface area contributed by atoms with Gasteiger partial charge in [0.15, 0.2) is 0 Å². The number of hydrogen-bond donors (Lipinski definition) is 0. The van der Waals surface area contributed by atoms with Crippen molar-refractivity contribution in [3.8, 4) is 12.3 Å². The molecule has 0 nitrogen and oxygen atoms in total. The highest BCUT2D eigenvalue weighted by atomic mass is 14.1. The summed E-state index contributed by atoms with van der Waals surface area (Å²) in [5, 5.41) is 0. The molecule has 0 aromatic heterocycles. The van der Waals surface area contributed by atoms with E-state index in [9.17, 15) is 0 Å². The van der Waals surface area contributed by atoms with Crippen molar-refractivity contribution in [2.45, 2.75) is 46.0 Å². The summed E-state index contributed by atoms with van der Waals surface area (Å²) in [5.41, 5.74) is 4.37. The first-order chi connectivity index (χ1) is 7.25. The number of unbranched alkanes of at least 4 members (excludes halogenated alkanes) is 3. The quantitative estimate of drug-likeness (QED) is 0.497. The number of terminal acetylenes is 1. The summed E-state index contributed by atoms with van der Waals surface area (Å²) < 4.78 is 0. The van der Waals surface area contributed by atoms with Crippen molar-refractivity contribution in [1.82, 2.24) is 0 Å². The third kappa shape index (κ3) is 3.80. The van der Waals surface area contributed by atoms with Gasteiger partial charge in [-0.2, -0.15) is 0 Å². The van der Waals surface area contributed by atoms with E-state index in [0.29, 0.717) is 0 Å². The minimum Gasteiger partial charge on any atom is -0.120 e. The molecule has 0 saturated heterocycles. The molecule has 1 aromatic rings. The summed E-state index contributed by atoms with van der Waals surface area (Å²) in [6.07, 6.45) is 11.0. The Bertz CT molecular complexity index is 321. The fourth-order valence-electron chi connectivity index (χ4n) is 1.95. The van der Waals surface area contributed by atoms with Crippen molar-refractivity contribution in [3.63, 3.8) is 0 Å². The maximum absolute atomic E-state index is 5.22. The zero-order chi connectivity index (χ0) is 11.1. The Hall–Kier alpha value is -1.22. The average Bonchev–Trinajstić information content (AvgIpc) is 2.21. The molecule has 80 valence electrons. The molecule has 0 N–H and O–H groups in total. The van der Waals surface area contributed by atoms with Gasteiger partial charge in [0.1, 0.15) is 0 Å². The molecule has 0 spiro atoms. The Kier molecular flexibility index (Phi) is 4.98. The molecule has 0 aliphatic heterocycles. The van der Waals surface area contributed by atoms with Gasteiger partial charge in [0.25, 0.3) is 0 Å². The highest BCUT2D eigenvalue weighted by molar-refractivity contribution is 5.33. The number of rotatable bonds is 5. The first-order valence-electron chi connectivity index (χ1n) is 5.74. The molecule has 15 heavy (non-hydrogen) atoms. The first-order valence-corrected chi connectivity index (χ1v) is 5.74. The Morgan fingerprint density at radius 3 is 2.33 bits per heavy atom. The van der Waals surface area contributed by atoms with Gasteiger partial charge in [-0.05, 0) is 49.8 Å². The molecule has 0 saturated carbocycles. The van der Waals surface area contributed by atoms with Crippen LogP contribution in [0.4, 0.5) is 0 Å². The van der Waals surface area contributed by atoms with E-state index in [1.807, 2.05) is 0 Å². The van der Waals surface area contributed by atoms with Crippen molar-refractivity contribution >= 4 is 0 Å². The topological polar surface area (TPSA) is 0 Å². The minimum atomic E-state index is 0.923. The van der Waals surface area contributed by atoms with Crippen LogP contribution in [0.5, 0.6) is 0 Å². The lowest BCUT2D eigenvalue weighted by Crippen LogP contribution is -1.93. The van der Waals surface area contributed by atoms with Gasteiger partial charge in [-0.15, -0.1) is 12.3 Å². The van der Waals surface area contributed by atoms with Gasteiger partial charge < -0.3 is 0 Å². The van der Waals surface area contributed by atoms with E-state index < -0.39 is 0 Å². The second-order valence-electron chi connectivity index (χ2n) is 4.14. The van der Waals surface area contributed by atoms with Crippen LogP contribution >= 0.6 is 0 Å². The summed E-state index contributed by atoms with van der Waals surface area (Å²) in [4.78, 5) is 0. The summed E-state index contributed by atoms with van der Waals surface area (Å²) >= 11 is 0. The third-order valence-corrected chi connectivity index (χ3v) is 2.89. The van der Waals surface area contributed by atoms with Crippen molar-refractivity contribution in [3.05, 3.63) is 34.9 Å². The van der Waals surface area contributed by atoms with Crippen molar-refractivity contribution in [1.29, 1.82) is 0 Å². The van der Waals surface area contributed by atoms with Gasteiger partial charge in [0.05, 0.1) is 0 Å². The molecule has 0 aliphatic carbocycles. The molecule has 0 heterocycles. The van der Waals surface area contributed by atoms with Crippen LogP contribution in [0.25, 0.3) is 0 Å². The number of aryl methyl sites for hydroxylation is 2. The lowest BCUT2D eigenvalue weighted by atomic mass is 9.97. The normalized spacial score (nSPS) is 9.93. The van der Waals surface area contributed by atoms with Crippen molar-refractivity contribution < 1.29 is 0 Å². The van der Waals surface area contributed by atoms with E-state index >= 15 is 0 Å². The second kappa shape index (κ2) is 6.30. The fourth-order valence-corrected chi connectivity index (χ4v) is 1.95. The predicted octanol–water partition coefficient (Wildman–Crippen LogP) is 4.04. The van der Waals surface area contributed by atoms with E-state index in [2.05, 4.69) is 38.0 Å². The maximum atomic E-state index is 5.22. The van der Waals surface area contributed by atoms with Gasteiger partial charge >= 0.3 is 0 Å². The smallest absolute Gasteiger partial charge is 0.00860 e. The Morgan fingerprint density at radius 2 is 1.73 bits per heavy atom. The zero-order valence-electron chi connectivity index (χ0n) is 9.84. The Balaban J connectivity index is 2.41. The fraction of sp³-hybridized carbons (Fsp3) is 0.467. The average molecular weight is 200 g/mol. The van der Waals surface area contributed by atoms with Crippen LogP contribution in [0.3, 0.4) is 0 Å². The molecule has 0 fully saturated rings. The van der Waals surface area contributed by atoms with Gasteiger partial charge in [-0.3, -0.25) is 0 Å². The largest absolute Gasteiger partial charge is 0.120 e. The Morgan fingerprint density at radius 1 is 1.07 bits per heavy atom. The predicted molar refractivity (Wildman–Crippen MR) is 66.9 cm³/mol. The van der Waals surface area contributed by atoms with Crippen LogP contribution in [0.2, 0.25) is 0 Å². The van der Waals surface area contributed by atoms with Gasteiger partial charge in [0, 0.05) is 6.42 Å². The molecular weight excluding hydrogens is 180 g/mol. The van der Waals surface area contributed by atoms with Gasteiger partial charge in [-0.1, -0.05) is 24.6 Å². The van der Waals surface area contributed by atoms with Crippen LogP contribution in [-0.4, -0.2) is 0 Å². The lowest BCUT2D eigenvalue weighted by Gasteiger charge is -2.08. The molecule has 0 unspecified atom stereocenters. The summed E-state index contributed by atoms with van der Waals surface area (Å²) in [7, 11) is 0. The van der Waals surface area contributed by atoms with E-state index in [0.717, 1.165) is 6.42 Å². The van der Waals surface area contributed by atoms with Crippen LogP contribution in [-0.2, 0) is 6.42 Å². The summed E-state index contributed by atoms with van der Waals surface area (Å²) in [6.45, 7) is 4.40. The van der Waals surface area contributed by atoms with Gasteiger partial charge in [-0.25, -0.2) is 0 Å². The van der Waals surface area contributed by atoms with Crippen LogP contribution in [0.15, 0.2) is 18.2 Å². The standard InChI is InChI=1S/C15H20/c1-4-5-6-7-8-12-15-13(2)10-9-11-14(15)3/h1,9-11H,5-8,12H2,2-3H3. The summed E-state index contributed by atoms with van der Waals surface area (Å²) in [5.74, 6) is 2.69. The molecule has 0 heteroatoms. The molecule has 0 bridgehead atoms. The molecule has 1 aromatic carbocycles. The van der Waals surface area contributed by atoms with Crippen LogP contribution in [0.1, 0.15) is 42.4 Å². The monoisotopic (exact) mass is 200 g/mol. The van der Waals surface area contributed by atoms with E-state index in [1.165, 1.54) is 42.4 Å². The van der Waals surface area contributed by atoms with E-state index in [4.69, 9.17) is 6.42 Å². The highest BCUT2D eigenvalue weighted by Crippen LogP contribution is 2.16. The SMILES string of the molecule is C#CCCCCCc1c(C)cccc1C.